The van der Waals surface area contributed by atoms with E-state index in [1.165, 1.54) is 5.56 Å². The second kappa shape index (κ2) is 13.6. The molecule has 1 aliphatic heterocycles. The SMILES string of the molecule is CCOc1ccc(CNCCCN2CCOCC2)cc1OC.Cl.Cl. The summed E-state index contributed by atoms with van der Waals surface area (Å²) in [5.41, 5.74) is 1.21. The van der Waals surface area contributed by atoms with E-state index in [1.54, 1.807) is 7.11 Å². The largest absolute Gasteiger partial charge is 0.493 e. The van der Waals surface area contributed by atoms with Crippen LogP contribution in [0.3, 0.4) is 0 Å². The molecule has 1 heterocycles. The van der Waals surface area contributed by atoms with Crippen LogP contribution in [-0.4, -0.2) is 58.0 Å². The van der Waals surface area contributed by atoms with E-state index in [0.717, 1.165) is 63.9 Å². The van der Waals surface area contributed by atoms with Crippen LogP contribution in [0.5, 0.6) is 11.5 Å². The zero-order valence-corrected chi connectivity index (χ0v) is 16.2. The van der Waals surface area contributed by atoms with Gasteiger partial charge in [0, 0.05) is 19.6 Å². The Hall–Kier alpha value is -0.720. The second-order valence-corrected chi connectivity index (χ2v) is 5.40. The van der Waals surface area contributed by atoms with Crippen molar-refractivity contribution in [3.05, 3.63) is 23.8 Å². The number of methoxy groups -OCH3 is 1. The quantitative estimate of drug-likeness (QED) is 0.667. The molecule has 1 aromatic carbocycles. The number of rotatable bonds is 9. The molecule has 0 amide bonds. The predicted molar refractivity (Wildman–Crippen MR) is 102 cm³/mol. The summed E-state index contributed by atoms with van der Waals surface area (Å²) in [7, 11) is 1.68. The third-order valence-corrected chi connectivity index (χ3v) is 3.79. The maximum absolute atomic E-state index is 5.53. The highest BCUT2D eigenvalue weighted by Crippen LogP contribution is 2.27. The lowest BCUT2D eigenvalue weighted by Gasteiger charge is -2.26. The molecule has 0 aromatic heterocycles. The highest BCUT2D eigenvalue weighted by Gasteiger charge is 2.09. The van der Waals surface area contributed by atoms with E-state index in [0.29, 0.717) is 6.61 Å². The highest BCUT2D eigenvalue weighted by atomic mass is 35.5. The van der Waals surface area contributed by atoms with Crippen molar-refractivity contribution < 1.29 is 14.2 Å². The van der Waals surface area contributed by atoms with Crippen molar-refractivity contribution in [2.75, 3.05) is 53.1 Å². The minimum absolute atomic E-state index is 0. The monoisotopic (exact) mass is 380 g/mol. The number of morpholine rings is 1. The van der Waals surface area contributed by atoms with Gasteiger partial charge in [0.2, 0.25) is 0 Å². The molecule has 0 saturated carbocycles. The van der Waals surface area contributed by atoms with Gasteiger partial charge in [-0.15, -0.1) is 24.8 Å². The summed E-state index contributed by atoms with van der Waals surface area (Å²) in [4.78, 5) is 2.46. The van der Waals surface area contributed by atoms with Crippen LogP contribution in [0, 0.1) is 0 Å². The molecule has 1 N–H and O–H groups in total. The van der Waals surface area contributed by atoms with E-state index in [2.05, 4.69) is 16.3 Å². The Morgan fingerprint density at radius 1 is 1.17 bits per heavy atom. The van der Waals surface area contributed by atoms with Gasteiger partial charge in [-0.25, -0.2) is 0 Å². The Labute approximate surface area is 157 Å². The molecule has 0 bridgehead atoms. The fourth-order valence-corrected chi connectivity index (χ4v) is 2.58. The van der Waals surface area contributed by atoms with Crippen LogP contribution in [0.25, 0.3) is 0 Å². The van der Waals surface area contributed by atoms with Crippen molar-refractivity contribution in [3.8, 4) is 11.5 Å². The lowest BCUT2D eigenvalue weighted by Crippen LogP contribution is -2.37. The first-order valence-corrected chi connectivity index (χ1v) is 8.14. The normalized spacial score (nSPS) is 14.4. The first kappa shape index (κ1) is 23.3. The zero-order valence-electron chi connectivity index (χ0n) is 14.6. The van der Waals surface area contributed by atoms with Crippen LogP contribution in [0.4, 0.5) is 0 Å². The summed E-state index contributed by atoms with van der Waals surface area (Å²) in [6.07, 6.45) is 1.16. The molecular weight excluding hydrogens is 351 g/mol. The third kappa shape index (κ3) is 7.90. The number of halogens is 2. The topological polar surface area (TPSA) is 43.0 Å². The molecule has 0 radical (unpaired) electrons. The van der Waals surface area contributed by atoms with Crippen molar-refractivity contribution in [2.24, 2.45) is 0 Å². The van der Waals surface area contributed by atoms with Crippen LogP contribution >= 0.6 is 24.8 Å². The molecule has 1 fully saturated rings. The van der Waals surface area contributed by atoms with E-state index in [9.17, 15) is 0 Å². The summed E-state index contributed by atoms with van der Waals surface area (Å²) in [6, 6.07) is 6.11. The van der Waals surface area contributed by atoms with E-state index in [-0.39, 0.29) is 24.8 Å². The molecular formula is C17H30Cl2N2O3. The smallest absolute Gasteiger partial charge is 0.161 e. The number of hydrogen-bond acceptors (Lipinski definition) is 5. The van der Waals surface area contributed by atoms with E-state index >= 15 is 0 Å². The standard InChI is InChI=1S/C17H28N2O3.2ClH/c1-3-22-16-6-5-15(13-17(16)20-2)14-18-7-4-8-19-9-11-21-12-10-19;;/h5-6,13,18H,3-4,7-12,14H2,1-2H3;2*1H. The van der Waals surface area contributed by atoms with Gasteiger partial charge < -0.3 is 19.5 Å². The molecule has 24 heavy (non-hydrogen) atoms. The molecule has 0 spiro atoms. The van der Waals surface area contributed by atoms with Crippen molar-refractivity contribution in [1.29, 1.82) is 0 Å². The molecule has 1 saturated heterocycles. The summed E-state index contributed by atoms with van der Waals surface area (Å²) >= 11 is 0. The second-order valence-electron chi connectivity index (χ2n) is 5.40. The van der Waals surface area contributed by atoms with Crippen molar-refractivity contribution in [1.82, 2.24) is 10.2 Å². The first-order chi connectivity index (χ1) is 10.8. The molecule has 0 aliphatic carbocycles. The molecule has 1 aromatic rings. The van der Waals surface area contributed by atoms with Crippen LogP contribution in [-0.2, 0) is 11.3 Å². The third-order valence-electron chi connectivity index (χ3n) is 3.79. The minimum atomic E-state index is 0. The molecule has 1 aliphatic rings. The van der Waals surface area contributed by atoms with Crippen LogP contribution in [0.1, 0.15) is 18.9 Å². The summed E-state index contributed by atoms with van der Waals surface area (Å²) in [6.45, 7) is 9.52. The average molecular weight is 381 g/mol. The van der Waals surface area contributed by atoms with Gasteiger partial charge in [0.15, 0.2) is 11.5 Å². The number of nitrogens with zero attached hydrogens (tertiary/aromatic N) is 1. The Balaban J connectivity index is 0.00000264. The molecule has 2 rings (SSSR count). The highest BCUT2D eigenvalue weighted by molar-refractivity contribution is 5.85. The van der Waals surface area contributed by atoms with E-state index < -0.39 is 0 Å². The number of ether oxygens (including phenoxy) is 3. The summed E-state index contributed by atoms with van der Waals surface area (Å²) in [5.74, 6) is 1.61. The first-order valence-electron chi connectivity index (χ1n) is 8.14. The Morgan fingerprint density at radius 3 is 2.58 bits per heavy atom. The molecule has 0 atom stereocenters. The van der Waals surface area contributed by atoms with Gasteiger partial charge in [0.25, 0.3) is 0 Å². The number of hydrogen-bond donors (Lipinski definition) is 1. The van der Waals surface area contributed by atoms with Crippen molar-refractivity contribution >= 4 is 24.8 Å². The zero-order chi connectivity index (χ0) is 15.6. The van der Waals surface area contributed by atoms with Gasteiger partial charge in [-0.3, -0.25) is 4.90 Å². The minimum Gasteiger partial charge on any atom is -0.493 e. The number of nitrogens with one attached hydrogen (secondary N) is 1. The molecule has 5 nitrogen and oxygen atoms in total. The Kier molecular flexibility index (Phi) is 13.2. The number of benzene rings is 1. The molecule has 7 heteroatoms. The van der Waals surface area contributed by atoms with E-state index in [4.69, 9.17) is 14.2 Å². The van der Waals surface area contributed by atoms with Crippen molar-refractivity contribution in [3.63, 3.8) is 0 Å². The maximum atomic E-state index is 5.53. The van der Waals surface area contributed by atoms with Gasteiger partial charge in [-0.2, -0.15) is 0 Å². The summed E-state index contributed by atoms with van der Waals surface area (Å²) < 4.78 is 16.3. The maximum Gasteiger partial charge on any atom is 0.161 e. The fraction of sp³-hybridized carbons (Fsp3) is 0.647. The molecule has 140 valence electrons. The lowest BCUT2D eigenvalue weighted by molar-refractivity contribution is 0.0374. The average Bonchev–Trinajstić information content (AvgIpc) is 2.57. The summed E-state index contributed by atoms with van der Waals surface area (Å²) in [5, 5.41) is 3.49. The van der Waals surface area contributed by atoms with Crippen LogP contribution in [0.15, 0.2) is 18.2 Å². The van der Waals surface area contributed by atoms with Crippen molar-refractivity contribution in [2.45, 2.75) is 19.9 Å². The predicted octanol–water partition coefficient (Wildman–Crippen LogP) is 2.75. The van der Waals surface area contributed by atoms with Gasteiger partial charge in [0.1, 0.15) is 0 Å². The molecule has 0 unspecified atom stereocenters. The van der Waals surface area contributed by atoms with Crippen LogP contribution in [0.2, 0.25) is 0 Å². The Morgan fingerprint density at radius 2 is 1.92 bits per heavy atom. The fourth-order valence-electron chi connectivity index (χ4n) is 2.58. The van der Waals surface area contributed by atoms with Gasteiger partial charge in [0.05, 0.1) is 26.9 Å². The van der Waals surface area contributed by atoms with E-state index in [1.807, 2.05) is 19.1 Å². The van der Waals surface area contributed by atoms with Gasteiger partial charge in [-0.05, 0) is 44.1 Å². The van der Waals surface area contributed by atoms with Gasteiger partial charge >= 0.3 is 0 Å². The Bertz CT molecular complexity index is 444. The van der Waals surface area contributed by atoms with Crippen LogP contribution < -0.4 is 14.8 Å². The van der Waals surface area contributed by atoms with Gasteiger partial charge in [-0.1, -0.05) is 6.07 Å². The lowest BCUT2D eigenvalue weighted by atomic mass is 10.2.